The van der Waals surface area contributed by atoms with Crippen molar-refractivity contribution < 1.29 is 9.53 Å². The van der Waals surface area contributed by atoms with Crippen molar-refractivity contribution in [2.45, 2.75) is 32.6 Å². The maximum Gasteiger partial charge on any atom is 0.131 e. The van der Waals surface area contributed by atoms with Gasteiger partial charge >= 0.3 is 0 Å². The van der Waals surface area contributed by atoms with Crippen LogP contribution in [0.2, 0.25) is 0 Å². The number of nitrogens with one attached hydrogen (secondary N) is 1. The van der Waals surface area contributed by atoms with E-state index in [1.807, 2.05) is 0 Å². The summed E-state index contributed by atoms with van der Waals surface area (Å²) < 4.78 is 5.29. The smallest absolute Gasteiger partial charge is 0.131 e. The molecule has 0 aliphatic carbocycles. The van der Waals surface area contributed by atoms with Crippen molar-refractivity contribution in [2.75, 3.05) is 26.3 Å². The van der Waals surface area contributed by atoms with E-state index in [9.17, 15) is 4.79 Å². The van der Waals surface area contributed by atoms with Crippen molar-refractivity contribution in [3.63, 3.8) is 0 Å². The van der Waals surface area contributed by atoms with Crippen LogP contribution in [0.5, 0.6) is 0 Å². The number of hydrogen-bond acceptors (Lipinski definition) is 3. The maximum absolute atomic E-state index is 10.7. The van der Waals surface area contributed by atoms with Crippen LogP contribution >= 0.6 is 0 Å². The summed E-state index contributed by atoms with van der Waals surface area (Å²) >= 11 is 0. The van der Waals surface area contributed by atoms with Crippen LogP contribution in [0.15, 0.2) is 0 Å². The van der Waals surface area contributed by atoms with E-state index in [2.05, 4.69) is 5.32 Å². The minimum Gasteiger partial charge on any atom is -0.381 e. The monoisotopic (exact) mass is 199 g/mol. The first-order valence-electron chi connectivity index (χ1n) is 5.57. The van der Waals surface area contributed by atoms with Crippen LogP contribution in [0.3, 0.4) is 0 Å². The number of hydrogen-bond donors (Lipinski definition) is 1. The molecule has 3 heteroatoms. The highest BCUT2D eigenvalue weighted by molar-refractivity contribution is 5.75. The summed E-state index contributed by atoms with van der Waals surface area (Å²) in [4.78, 5) is 10.7. The second kappa shape index (κ2) is 6.96. The zero-order valence-electron chi connectivity index (χ0n) is 9.05. The Morgan fingerprint density at radius 2 is 2.07 bits per heavy atom. The Morgan fingerprint density at radius 3 is 2.71 bits per heavy atom. The van der Waals surface area contributed by atoms with Crippen molar-refractivity contribution in [1.29, 1.82) is 0 Å². The van der Waals surface area contributed by atoms with E-state index < -0.39 is 0 Å². The van der Waals surface area contributed by atoms with Gasteiger partial charge in [-0.3, -0.25) is 4.79 Å². The van der Waals surface area contributed by atoms with Crippen LogP contribution in [0.1, 0.15) is 32.6 Å². The standard InChI is InChI=1S/C11H21NO2/c1-10(13)2-6-12-7-3-11-4-8-14-9-5-11/h11-12H,2-9H2,1H3. The first kappa shape index (κ1) is 11.7. The lowest BCUT2D eigenvalue weighted by atomic mass is 9.97. The molecule has 1 rings (SSSR count). The average Bonchev–Trinajstić information content (AvgIpc) is 2.18. The molecule has 0 spiro atoms. The van der Waals surface area contributed by atoms with E-state index in [0.717, 1.165) is 32.2 Å². The van der Waals surface area contributed by atoms with Crippen LogP contribution in [-0.2, 0) is 9.53 Å². The summed E-state index contributed by atoms with van der Waals surface area (Å²) in [5, 5.41) is 3.30. The van der Waals surface area contributed by atoms with Crippen molar-refractivity contribution in [1.82, 2.24) is 5.32 Å². The Kier molecular flexibility index (Phi) is 5.80. The summed E-state index contributed by atoms with van der Waals surface area (Å²) in [7, 11) is 0. The van der Waals surface area contributed by atoms with E-state index in [-0.39, 0.29) is 5.78 Å². The fraction of sp³-hybridized carbons (Fsp3) is 0.909. The van der Waals surface area contributed by atoms with E-state index in [1.54, 1.807) is 6.92 Å². The predicted octanol–water partition coefficient (Wildman–Crippen LogP) is 1.37. The summed E-state index contributed by atoms with van der Waals surface area (Å²) in [5.41, 5.74) is 0. The molecule has 0 radical (unpaired) electrons. The lowest BCUT2D eigenvalue weighted by Crippen LogP contribution is -2.23. The zero-order chi connectivity index (χ0) is 10.2. The molecule has 0 aromatic carbocycles. The second-order valence-corrected chi connectivity index (χ2v) is 4.05. The molecule has 1 aliphatic rings. The minimum atomic E-state index is 0.267. The van der Waals surface area contributed by atoms with Crippen molar-refractivity contribution in [3.8, 4) is 0 Å². The molecule has 0 amide bonds. The quantitative estimate of drug-likeness (QED) is 0.657. The lowest BCUT2D eigenvalue weighted by Gasteiger charge is -2.21. The second-order valence-electron chi connectivity index (χ2n) is 4.05. The van der Waals surface area contributed by atoms with Crippen LogP contribution in [0.25, 0.3) is 0 Å². The van der Waals surface area contributed by atoms with Gasteiger partial charge in [-0.2, -0.15) is 0 Å². The van der Waals surface area contributed by atoms with Crippen LogP contribution in [0.4, 0.5) is 0 Å². The van der Waals surface area contributed by atoms with Crippen molar-refractivity contribution in [3.05, 3.63) is 0 Å². The van der Waals surface area contributed by atoms with Gasteiger partial charge in [0.1, 0.15) is 5.78 Å². The Hall–Kier alpha value is -0.410. The summed E-state index contributed by atoms with van der Waals surface area (Å²) in [6.07, 6.45) is 4.29. The first-order chi connectivity index (χ1) is 6.79. The number of carbonyl (C=O) groups excluding carboxylic acids is 1. The molecular formula is C11H21NO2. The predicted molar refractivity (Wildman–Crippen MR) is 56.3 cm³/mol. The fourth-order valence-electron chi connectivity index (χ4n) is 1.73. The molecule has 3 nitrogen and oxygen atoms in total. The zero-order valence-corrected chi connectivity index (χ0v) is 9.05. The van der Waals surface area contributed by atoms with Gasteiger partial charge in [0, 0.05) is 26.2 Å². The third kappa shape index (κ3) is 5.35. The van der Waals surface area contributed by atoms with Gasteiger partial charge in [0.25, 0.3) is 0 Å². The molecule has 0 aromatic rings. The molecule has 1 heterocycles. The Morgan fingerprint density at radius 1 is 1.36 bits per heavy atom. The minimum absolute atomic E-state index is 0.267. The van der Waals surface area contributed by atoms with E-state index in [4.69, 9.17) is 4.74 Å². The molecule has 1 N–H and O–H groups in total. The molecule has 1 aliphatic heterocycles. The van der Waals surface area contributed by atoms with Gasteiger partial charge in [-0.25, -0.2) is 0 Å². The molecule has 82 valence electrons. The van der Waals surface area contributed by atoms with E-state index in [1.165, 1.54) is 19.3 Å². The molecule has 0 unspecified atom stereocenters. The van der Waals surface area contributed by atoms with Gasteiger partial charge in [0.05, 0.1) is 0 Å². The summed E-state index contributed by atoms with van der Waals surface area (Å²) in [5.74, 6) is 1.09. The molecule has 0 bridgehead atoms. The summed E-state index contributed by atoms with van der Waals surface area (Å²) in [6.45, 7) is 5.37. The highest BCUT2D eigenvalue weighted by atomic mass is 16.5. The van der Waals surface area contributed by atoms with Gasteiger partial charge in [0.2, 0.25) is 0 Å². The van der Waals surface area contributed by atoms with Crippen LogP contribution in [-0.4, -0.2) is 32.1 Å². The molecule has 1 fully saturated rings. The number of ketones is 1. The Bertz CT molecular complexity index is 165. The third-order valence-corrected chi connectivity index (χ3v) is 2.72. The highest BCUT2D eigenvalue weighted by Crippen LogP contribution is 2.17. The number of carbonyl (C=O) groups is 1. The SMILES string of the molecule is CC(=O)CCNCCC1CCOCC1. The van der Waals surface area contributed by atoms with Gasteiger partial charge in [-0.15, -0.1) is 0 Å². The molecule has 0 atom stereocenters. The van der Waals surface area contributed by atoms with Crippen LogP contribution < -0.4 is 5.32 Å². The molecule has 1 saturated heterocycles. The van der Waals surface area contributed by atoms with Crippen LogP contribution in [0, 0.1) is 5.92 Å². The molecule has 14 heavy (non-hydrogen) atoms. The summed E-state index contributed by atoms with van der Waals surface area (Å²) in [6, 6.07) is 0. The first-order valence-corrected chi connectivity index (χ1v) is 5.57. The number of rotatable bonds is 6. The topological polar surface area (TPSA) is 38.3 Å². The maximum atomic E-state index is 10.7. The normalized spacial score (nSPS) is 18.4. The largest absolute Gasteiger partial charge is 0.381 e. The fourth-order valence-corrected chi connectivity index (χ4v) is 1.73. The molecule has 0 aromatic heterocycles. The van der Waals surface area contributed by atoms with Gasteiger partial charge < -0.3 is 10.1 Å². The molecule has 0 saturated carbocycles. The number of ether oxygens (including phenoxy) is 1. The Labute approximate surface area is 86.2 Å². The van der Waals surface area contributed by atoms with Gasteiger partial charge in [0.15, 0.2) is 0 Å². The van der Waals surface area contributed by atoms with E-state index >= 15 is 0 Å². The average molecular weight is 199 g/mol. The lowest BCUT2D eigenvalue weighted by molar-refractivity contribution is -0.116. The van der Waals surface area contributed by atoms with Crippen molar-refractivity contribution >= 4 is 5.78 Å². The third-order valence-electron chi connectivity index (χ3n) is 2.72. The molecular weight excluding hydrogens is 178 g/mol. The van der Waals surface area contributed by atoms with Gasteiger partial charge in [-0.1, -0.05) is 0 Å². The Balaban J connectivity index is 1.90. The highest BCUT2D eigenvalue weighted by Gasteiger charge is 2.12. The number of Topliss-reactive ketones (excluding diaryl/α,β-unsaturated/α-hetero) is 1. The van der Waals surface area contributed by atoms with E-state index in [0.29, 0.717) is 6.42 Å². The van der Waals surface area contributed by atoms with Gasteiger partial charge in [-0.05, 0) is 38.6 Å². The van der Waals surface area contributed by atoms with Crippen molar-refractivity contribution in [2.24, 2.45) is 5.92 Å².